The summed E-state index contributed by atoms with van der Waals surface area (Å²) in [6, 6.07) is 0. The maximum Gasteiger partial charge on any atom is 0.309 e. The van der Waals surface area contributed by atoms with Crippen molar-refractivity contribution in [1.29, 1.82) is 0 Å². The molecule has 0 aromatic heterocycles. The minimum Gasteiger partial charge on any atom is -0.481 e. The number of aliphatic hydroxyl groups is 1. The molecule has 2 bridgehead atoms. The molecule has 3 aliphatic carbocycles. The van der Waals surface area contributed by atoms with Crippen LogP contribution in [-0.2, 0) is 14.6 Å². The van der Waals surface area contributed by atoms with E-state index in [1.165, 1.54) is 0 Å². The lowest BCUT2D eigenvalue weighted by Gasteiger charge is -2.65. The van der Waals surface area contributed by atoms with Gasteiger partial charge in [0.2, 0.25) is 0 Å². The zero-order valence-corrected chi connectivity index (χ0v) is 15.7. The molecule has 1 saturated heterocycles. The van der Waals surface area contributed by atoms with Crippen molar-refractivity contribution in [2.45, 2.75) is 83.5 Å². The number of hydrogen-bond acceptors (Lipinski definition) is 4. The van der Waals surface area contributed by atoms with Gasteiger partial charge in [0.15, 0.2) is 0 Å². The second kappa shape index (κ2) is 5.08. The summed E-state index contributed by atoms with van der Waals surface area (Å²) in [5.74, 6) is -0.267. The first-order valence-corrected chi connectivity index (χ1v) is 9.56. The van der Waals surface area contributed by atoms with Gasteiger partial charge in [0, 0.05) is 5.92 Å². The number of carboxylic acid groups (broad SMARTS) is 1. The number of hydrogen-bond donors (Lipinski definition) is 2. The maximum absolute atomic E-state index is 12.1. The molecule has 5 heteroatoms. The molecule has 140 valence electrons. The van der Waals surface area contributed by atoms with Crippen molar-refractivity contribution in [2.24, 2.45) is 22.7 Å². The Morgan fingerprint density at radius 3 is 2.60 bits per heavy atom. The Hall–Kier alpha value is -0.910. The predicted molar refractivity (Wildman–Crippen MR) is 91.6 cm³/mol. The van der Waals surface area contributed by atoms with Crippen LogP contribution in [0, 0.1) is 22.7 Å². The molecule has 1 spiro atoms. The molecule has 5 nitrogen and oxygen atoms in total. The van der Waals surface area contributed by atoms with Gasteiger partial charge < -0.3 is 10.2 Å². The standard InChI is InChI=1S/C20H30O5/c1-17(2,23)12-11-20-9-6-14-18(3,15(20)10-13(12)24-25-20)7-5-8-19(14,4)16(21)22/h11,13-15,23H,5-10H2,1-4H3,(H,21,22)/t13-,14+,15?,18-,19+,20?/m0/s1. The first-order chi connectivity index (χ1) is 11.5. The normalized spacial score (nSPS) is 49.2. The smallest absolute Gasteiger partial charge is 0.309 e. The Morgan fingerprint density at radius 2 is 1.96 bits per heavy atom. The van der Waals surface area contributed by atoms with Gasteiger partial charge in [0.25, 0.3) is 0 Å². The number of aliphatic carboxylic acids is 1. The van der Waals surface area contributed by atoms with Crippen LogP contribution in [0.2, 0.25) is 0 Å². The predicted octanol–water partition coefficient (Wildman–Crippen LogP) is 3.46. The summed E-state index contributed by atoms with van der Waals surface area (Å²) in [6.45, 7) is 7.80. The third-order valence-corrected chi connectivity index (χ3v) is 7.90. The molecule has 0 radical (unpaired) electrons. The molecule has 0 amide bonds. The van der Waals surface area contributed by atoms with Crippen LogP contribution >= 0.6 is 0 Å². The highest BCUT2D eigenvalue weighted by molar-refractivity contribution is 5.75. The molecule has 2 N–H and O–H groups in total. The van der Waals surface area contributed by atoms with Crippen LogP contribution < -0.4 is 0 Å². The van der Waals surface area contributed by atoms with Crippen LogP contribution in [0.5, 0.6) is 0 Å². The Morgan fingerprint density at radius 1 is 1.24 bits per heavy atom. The second-order valence-corrected chi connectivity index (χ2v) is 9.74. The molecular formula is C20H30O5. The van der Waals surface area contributed by atoms with Gasteiger partial charge in [-0.15, -0.1) is 0 Å². The highest BCUT2D eigenvalue weighted by atomic mass is 17.2. The van der Waals surface area contributed by atoms with Crippen molar-refractivity contribution in [2.75, 3.05) is 0 Å². The van der Waals surface area contributed by atoms with E-state index in [1.807, 2.05) is 6.92 Å². The van der Waals surface area contributed by atoms with Crippen molar-refractivity contribution in [3.8, 4) is 0 Å². The summed E-state index contributed by atoms with van der Waals surface area (Å²) in [6.07, 6.45) is 6.99. The molecule has 2 aliphatic heterocycles. The minimum absolute atomic E-state index is 0.0761. The van der Waals surface area contributed by atoms with Crippen molar-refractivity contribution in [1.82, 2.24) is 0 Å². The van der Waals surface area contributed by atoms with Gasteiger partial charge in [-0.25, -0.2) is 9.78 Å². The lowest BCUT2D eigenvalue weighted by atomic mass is 9.43. The van der Waals surface area contributed by atoms with E-state index in [0.717, 1.165) is 44.1 Å². The van der Waals surface area contributed by atoms with E-state index in [1.54, 1.807) is 13.8 Å². The van der Waals surface area contributed by atoms with Crippen LogP contribution in [-0.4, -0.2) is 33.5 Å². The third kappa shape index (κ3) is 2.22. The van der Waals surface area contributed by atoms with Crippen LogP contribution in [0.25, 0.3) is 0 Å². The maximum atomic E-state index is 12.1. The Kier molecular flexibility index (Phi) is 3.56. The van der Waals surface area contributed by atoms with Crippen molar-refractivity contribution in [3.63, 3.8) is 0 Å². The van der Waals surface area contributed by atoms with Gasteiger partial charge in [-0.2, -0.15) is 0 Å². The molecule has 0 aromatic rings. The van der Waals surface area contributed by atoms with Gasteiger partial charge in [-0.1, -0.05) is 13.3 Å². The van der Waals surface area contributed by atoms with Gasteiger partial charge >= 0.3 is 5.97 Å². The lowest BCUT2D eigenvalue weighted by Crippen LogP contribution is -2.65. The largest absolute Gasteiger partial charge is 0.481 e. The van der Waals surface area contributed by atoms with Crippen LogP contribution in [0.1, 0.15) is 66.2 Å². The Bertz CT molecular complexity index is 634. The van der Waals surface area contributed by atoms with E-state index >= 15 is 0 Å². The molecule has 2 saturated carbocycles. The fraction of sp³-hybridized carbons (Fsp3) is 0.850. The van der Waals surface area contributed by atoms with Crippen LogP contribution in [0.15, 0.2) is 11.6 Å². The molecule has 2 unspecified atom stereocenters. The fourth-order valence-corrected chi connectivity index (χ4v) is 6.61. The van der Waals surface area contributed by atoms with E-state index < -0.39 is 22.6 Å². The zero-order valence-electron chi connectivity index (χ0n) is 15.7. The summed E-state index contributed by atoms with van der Waals surface area (Å²) >= 11 is 0. The van der Waals surface area contributed by atoms with E-state index in [9.17, 15) is 15.0 Å². The molecule has 6 atom stereocenters. The summed E-state index contributed by atoms with van der Waals surface area (Å²) in [4.78, 5) is 23.6. The van der Waals surface area contributed by atoms with Gasteiger partial charge in [0.1, 0.15) is 11.7 Å². The molecule has 3 fully saturated rings. The minimum atomic E-state index is -0.924. The Balaban J connectivity index is 1.77. The molecule has 2 heterocycles. The number of carboxylic acids is 1. The van der Waals surface area contributed by atoms with Gasteiger partial charge in [0.05, 0.1) is 11.0 Å². The molecule has 5 rings (SSSR count). The summed E-state index contributed by atoms with van der Waals surface area (Å²) in [5.41, 5.74) is -1.27. The number of fused-ring (bicyclic) bond motifs is 2. The third-order valence-electron chi connectivity index (χ3n) is 7.90. The highest BCUT2D eigenvalue weighted by Gasteiger charge is 2.66. The summed E-state index contributed by atoms with van der Waals surface area (Å²) < 4.78 is 0. The van der Waals surface area contributed by atoms with E-state index in [2.05, 4.69) is 13.0 Å². The first-order valence-electron chi connectivity index (χ1n) is 9.56. The average Bonchev–Trinajstić information content (AvgIpc) is 2.53. The molecule has 5 aliphatic rings. The number of rotatable bonds is 2. The van der Waals surface area contributed by atoms with Gasteiger partial charge in [-0.05, 0) is 75.9 Å². The summed E-state index contributed by atoms with van der Waals surface area (Å²) in [7, 11) is 0. The topological polar surface area (TPSA) is 76.0 Å². The zero-order chi connectivity index (χ0) is 18.3. The molecule has 25 heavy (non-hydrogen) atoms. The highest BCUT2D eigenvalue weighted by Crippen LogP contribution is 2.67. The van der Waals surface area contributed by atoms with Crippen molar-refractivity contribution < 1.29 is 24.8 Å². The van der Waals surface area contributed by atoms with Gasteiger partial charge in [-0.3, -0.25) is 4.79 Å². The van der Waals surface area contributed by atoms with Crippen LogP contribution in [0.4, 0.5) is 0 Å². The second-order valence-electron chi connectivity index (χ2n) is 9.74. The summed E-state index contributed by atoms with van der Waals surface area (Å²) in [5, 5.41) is 20.4. The van der Waals surface area contributed by atoms with E-state index in [0.29, 0.717) is 0 Å². The SMILES string of the molecule is CC(C)(O)C1=CC23CC[C@H]4[C@](C)(C(=O)O)CCC[C@]4(C)C2C[C@@H]1OO3. The molecule has 0 aromatic carbocycles. The quantitative estimate of drug-likeness (QED) is 0.589. The van der Waals surface area contributed by atoms with Crippen molar-refractivity contribution >= 4 is 5.97 Å². The fourth-order valence-electron chi connectivity index (χ4n) is 6.61. The van der Waals surface area contributed by atoms with Crippen molar-refractivity contribution in [3.05, 3.63) is 11.6 Å². The molecular weight excluding hydrogens is 320 g/mol. The first kappa shape index (κ1) is 17.5. The van der Waals surface area contributed by atoms with E-state index in [4.69, 9.17) is 9.78 Å². The Labute approximate surface area is 149 Å². The van der Waals surface area contributed by atoms with E-state index in [-0.39, 0.29) is 23.4 Å². The van der Waals surface area contributed by atoms with Crippen LogP contribution in [0.3, 0.4) is 0 Å². The average molecular weight is 350 g/mol. The lowest BCUT2D eigenvalue weighted by molar-refractivity contribution is -0.435. The number of carbonyl (C=O) groups is 1. The monoisotopic (exact) mass is 350 g/mol.